The van der Waals surface area contributed by atoms with Gasteiger partial charge in [0.15, 0.2) is 12.2 Å². The number of esters is 4. The summed E-state index contributed by atoms with van der Waals surface area (Å²) >= 11 is 0. The zero-order chi connectivity index (χ0) is 66.3. The molecule has 6 atom stereocenters. The number of ether oxygens (including phenoxy) is 4. The van der Waals surface area contributed by atoms with E-state index in [0.717, 1.165) is 109 Å². The second-order valence-electron chi connectivity index (χ2n) is 25.2. The Morgan fingerprint density at radius 3 is 0.944 bits per heavy atom. The maximum absolute atomic E-state index is 13.0. The molecular formula is C71H134O17P2. The number of carbonyl (C=O) groups excluding carboxylic acids is 4. The Labute approximate surface area is 548 Å². The third-order valence-electron chi connectivity index (χ3n) is 16.3. The van der Waals surface area contributed by atoms with E-state index >= 15 is 0 Å². The van der Waals surface area contributed by atoms with E-state index in [9.17, 15) is 43.2 Å². The number of hydrogen-bond acceptors (Lipinski definition) is 15. The minimum Gasteiger partial charge on any atom is -0.462 e. The first-order valence-electron chi connectivity index (χ1n) is 36.5. The van der Waals surface area contributed by atoms with Crippen molar-refractivity contribution in [2.75, 3.05) is 39.6 Å². The Morgan fingerprint density at radius 1 is 0.356 bits per heavy atom. The number of carbonyl (C=O) groups is 4. The van der Waals surface area contributed by atoms with Crippen molar-refractivity contribution in [1.82, 2.24) is 0 Å². The maximum atomic E-state index is 13.0. The first-order valence-corrected chi connectivity index (χ1v) is 39.5. The second-order valence-corrected chi connectivity index (χ2v) is 28.1. The van der Waals surface area contributed by atoms with Gasteiger partial charge in [-0.05, 0) is 57.3 Å². The number of hydrogen-bond donors (Lipinski definition) is 3. The molecule has 3 N–H and O–H groups in total. The summed E-state index contributed by atoms with van der Waals surface area (Å²) in [6.07, 6.45) is 53.5. The van der Waals surface area contributed by atoms with Crippen LogP contribution in [0.25, 0.3) is 0 Å². The van der Waals surface area contributed by atoms with Crippen LogP contribution in [0, 0.1) is 5.92 Å². The molecule has 0 aromatic heterocycles. The van der Waals surface area contributed by atoms with Crippen molar-refractivity contribution in [2.24, 2.45) is 5.92 Å². The lowest BCUT2D eigenvalue weighted by molar-refractivity contribution is -0.161. The van der Waals surface area contributed by atoms with Crippen molar-refractivity contribution in [1.29, 1.82) is 0 Å². The van der Waals surface area contributed by atoms with Gasteiger partial charge in [-0.15, -0.1) is 0 Å². The molecule has 0 saturated carbocycles. The number of allylic oxidation sites excluding steroid dienone is 4. The number of unbranched alkanes of at least 4 members (excludes halogenated alkanes) is 37. The molecule has 17 nitrogen and oxygen atoms in total. The minimum atomic E-state index is -4.96. The molecule has 90 heavy (non-hydrogen) atoms. The van der Waals surface area contributed by atoms with E-state index < -0.39 is 97.5 Å². The Morgan fingerprint density at radius 2 is 0.622 bits per heavy atom. The Hall–Kier alpha value is -2.46. The standard InChI is InChI=1S/C71H134O17P2/c1-6-10-13-16-19-22-25-27-29-31-33-36-39-45-50-55-69(74)81-60-66(87-70(75)56-51-46-40-37-34-32-30-28-26-23-20-17-14-11-7-2)62-85-89(77,78)83-58-65(72)59-84-90(79,80)86-63-67(88-71(76)57-52-47-42-41-43-48-53-64(5)9-4)61-82-68(73)54-49-44-38-35-24-21-18-15-12-8-3/h23,26,28,30,64-67,72H,6-22,24-25,27,29,31-63H2,1-5H3,(H,77,78)(H,79,80)/b26-23-,30-28-/t64?,65-,66-,67-/m1/s1. The summed E-state index contributed by atoms with van der Waals surface area (Å²) in [6.45, 7) is 7.13. The minimum absolute atomic E-state index is 0.0855. The van der Waals surface area contributed by atoms with Crippen LogP contribution < -0.4 is 0 Å². The molecule has 0 heterocycles. The predicted octanol–water partition coefficient (Wildman–Crippen LogP) is 20.1. The molecule has 19 heteroatoms. The Balaban J connectivity index is 5.28. The van der Waals surface area contributed by atoms with Crippen molar-refractivity contribution in [3.8, 4) is 0 Å². The highest BCUT2D eigenvalue weighted by atomic mass is 31.2. The first-order chi connectivity index (χ1) is 43.6. The molecule has 0 aromatic carbocycles. The summed E-state index contributed by atoms with van der Waals surface area (Å²) in [7, 11) is -9.91. The van der Waals surface area contributed by atoms with Crippen LogP contribution in [0.5, 0.6) is 0 Å². The fourth-order valence-electron chi connectivity index (χ4n) is 10.2. The Bertz CT molecular complexity index is 1830. The summed E-state index contributed by atoms with van der Waals surface area (Å²) in [4.78, 5) is 72.5. The van der Waals surface area contributed by atoms with Crippen LogP contribution in [0.2, 0.25) is 0 Å². The van der Waals surface area contributed by atoms with Gasteiger partial charge >= 0.3 is 39.5 Å². The molecule has 0 radical (unpaired) electrons. The fraction of sp³-hybridized carbons (Fsp3) is 0.887. The molecule has 0 bridgehead atoms. The summed E-state index contributed by atoms with van der Waals surface area (Å²) < 4.78 is 68.2. The molecule has 530 valence electrons. The first kappa shape index (κ1) is 87.5. The molecule has 0 saturated heterocycles. The van der Waals surface area contributed by atoms with Crippen molar-refractivity contribution in [3.05, 3.63) is 24.3 Å². The van der Waals surface area contributed by atoms with Gasteiger partial charge in [0.1, 0.15) is 19.3 Å². The average Bonchev–Trinajstić information content (AvgIpc) is 2.34. The van der Waals surface area contributed by atoms with Gasteiger partial charge in [-0.1, -0.05) is 290 Å². The lowest BCUT2D eigenvalue weighted by atomic mass is 10.00. The number of phosphoric acid groups is 2. The summed E-state index contributed by atoms with van der Waals surface area (Å²) in [5.41, 5.74) is 0. The molecule has 0 aliphatic heterocycles. The van der Waals surface area contributed by atoms with E-state index in [1.807, 2.05) is 0 Å². The topological polar surface area (TPSA) is 237 Å². The molecule has 0 aromatic rings. The molecule has 0 spiro atoms. The number of rotatable bonds is 69. The third-order valence-corrected chi connectivity index (χ3v) is 18.2. The monoisotopic (exact) mass is 1320 g/mol. The maximum Gasteiger partial charge on any atom is 0.472 e. The van der Waals surface area contributed by atoms with E-state index in [-0.39, 0.29) is 25.7 Å². The fourth-order valence-corrected chi connectivity index (χ4v) is 11.8. The van der Waals surface area contributed by atoms with Gasteiger partial charge in [-0.3, -0.25) is 37.3 Å². The van der Waals surface area contributed by atoms with Crippen molar-refractivity contribution >= 4 is 39.5 Å². The van der Waals surface area contributed by atoms with Crippen molar-refractivity contribution in [3.63, 3.8) is 0 Å². The van der Waals surface area contributed by atoms with Crippen LogP contribution in [0.4, 0.5) is 0 Å². The normalized spacial score (nSPS) is 14.5. The van der Waals surface area contributed by atoms with Crippen LogP contribution in [0.3, 0.4) is 0 Å². The van der Waals surface area contributed by atoms with E-state index in [2.05, 4.69) is 58.9 Å². The van der Waals surface area contributed by atoms with Crippen molar-refractivity contribution in [2.45, 2.75) is 361 Å². The molecule has 0 aliphatic carbocycles. The highest BCUT2D eigenvalue weighted by molar-refractivity contribution is 7.47. The van der Waals surface area contributed by atoms with Crippen LogP contribution in [-0.4, -0.2) is 96.7 Å². The van der Waals surface area contributed by atoms with E-state index in [4.69, 9.17) is 37.0 Å². The highest BCUT2D eigenvalue weighted by Gasteiger charge is 2.30. The van der Waals surface area contributed by atoms with Crippen LogP contribution in [-0.2, 0) is 65.4 Å². The largest absolute Gasteiger partial charge is 0.472 e. The zero-order valence-corrected chi connectivity index (χ0v) is 59.5. The number of aliphatic hydroxyl groups is 1. The summed E-state index contributed by atoms with van der Waals surface area (Å²) in [6, 6.07) is 0. The predicted molar refractivity (Wildman–Crippen MR) is 363 cm³/mol. The van der Waals surface area contributed by atoms with Gasteiger partial charge in [-0.25, -0.2) is 9.13 Å². The molecule has 0 amide bonds. The Kier molecular flexibility index (Phi) is 62.2. The van der Waals surface area contributed by atoms with Crippen LogP contribution in [0.1, 0.15) is 343 Å². The lowest BCUT2D eigenvalue weighted by Gasteiger charge is -2.21. The van der Waals surface area contributed by atoms with Gasteiger partial charge in [0.2, 0.25) is 0 Å². The summed E-state index contributed by atoms with van der Waals surface area (Å²) in [5.74, 6) is -1.44. The highest BCUT2D eigenvalue weighted by Crippen LogP contribution is 2.45. The van der Waals surface area contributed by atoms with Crippen LogP contribution in [0.15, 0.2) is 24.3 Å². The SMILES string of the molecule is CCCCCC/C=C\C=C/CCCCCCCC(=O)O[C@H](COC(=O)CCCCCCCCCCCCCCCCC)COP(=O)(O)OC[C@@H](O)COP(=O)(O)OC[C@@H](COC(=O)CCCCCCCCCCCC)OC(=O)CCCCCCCCC(C)CC. The molecular weight excluding hydrogens is 1190 g/mol. The van der Waals surface area contributed by atoms with Gasteiger partial charge in [0, 0.05) is 25.7 Å². The van der Waals surface area contributed by atoms with E-state index in [0.29, 0.717) is 25.7 Å². The number of aliphatic hydroxyl groups excluding tert-OH is 1. The number of phosphoric ester groups is 2. The van der Waals surface area contributed by atoms with Gasteiger partial charge < -0.3 is 33.8 Å². The van der Waals surface area contributed by atoms with Gasteiger partial charge in [0.25, 0.3) is 0 Å². The second kappa shape index (κ2) is 63.9. The smallest absolute Gasteiger partial charge is 0.462 e. The van der Waals surface area contributed by atoms with Gasteiger partial charge in [0.05, 0.1) is 26.4 Å². The third kappa shape index (κ3) is 63.0. The zero-order valence-electron chi connectivity index (χ0n) is 57.8. The average molecular weight is 1320 g/mol. The summed E-state index contributed by atoms with van der Waals surface area (Å²) in [5, 5.41) is 10.6. The lowest BCUT2D eigenvalue weighted by Crippen LogP contribution is -2.30. The molecule has 0 fully saturated rings. The quantitative estimate of drug-likeness (QED) is 0.0169. The molecule has 3 unspecified atom stereocenters. The van der Waals surface area contributed by atoms with Gasteiger partial charge in [-0.2, -0.15) is 0 Å². The van der Waals surface area contributed by atoms with Crippen molar-refractivity contribution < 1.29 is 80.2 Å². The van der Waals surface area contributed by atoms with E-state index in [1.165, 1.54) is 154 Å². The molecule has 0 aliphatic rings. The van der Waals surface area contributed by atoms with Crippen LogP contribution >= 0.6 is 15.6 Å². The molecule has 0 rings (SSSR count). The van der Waals surface area contributed by atoms with E-state index in [1.54, 1.807) is 0 Å².